The molecule has 0 atom stereocenters. The highest BCUT2D eigenvalue weighted by atomic mass is 16.1. The average molecular weight is 219 g/mol. The SMILES string of the molecule is NC(=O)c1ccc(N2CCC(=O)CC2)nc1. The third-order valence-corrected chi connectivity index (χ3v) is 2.68. The third-order valence-electron chi connectivity index (χ3n) is 2.68. The molecule has 0 aliphatic carbocycles. The molecule has 5 heteroatoms. The number of Topliss-reactive ketones (excluding diaryl/α,β-unsaturated/α-hetero) is 1. The minimum Gasteiger partial charge on any atom is -0.366 e. The Bertz CT molecular complexity index is 404. The van der Waals surface area contributed by atoms with Crippen molar-refractivity contribution in [2.75, 3.05) is 18.0 Å². The maximum Gasteiger partial charge on any atom is 0.250 e. The van der Waals surface area contributed by atoms with Crippen molar-refractivity contribution in [3.63, 3.8) is 0 Å². The van der Waals surface area contributed by atoms with E-state index >= 15 is 0 Å². The van der Waals surface area contributed by atoms with Crippen molar-refractivity contribution in [2.24, 2.45) is 5.73 Å². The van der Waals surface area contributed by atoms with Gasteiger partial charge in [0, 0.05) is 32.1 Å². The molecule has 16 heavy (non-hydrogen) atoms. The lowest BCUT2D eigenvalue weighted by Crippen LogP contribution is -2.34. The van der Waals surface area contributed by atoms with Crippen molar-refractivity contribution in [2.45, 2.75) is 12.8 Å². The summed E-state index contributed by atoms with van der Waals surface area (Å²) in [5, 5.41) is 0. The smallest absolute Gasteiger partial charge is 0.250 e. The van der Waals surface area contributed by atoms with Gasteiger partial charge in [-0.05, 0) is 12.1 Å². The second-order valence-corrected chi connectivity index (χ2v) is 3.80. The molecule has 0 bridgehead atoms. The number of nitrogens with two attached hydrogens (primary N) is 1. The monoisotopic (exact) mass is 219 g/mol. The van der Waals surface area contributed by atoms with Crippen LogP contribution in [0.2, 0.25) is 0 Å². The first-order chi connectivity index (χ1) is 7.66. The van der Waals surface area contributed by atoms with Gasteiger partial charge in [0.15, 0.2) is 0 Å². The van der Waals surface area contributed by atoms with Crippen LogP contribution in [0.15, 0.2) is 18.3 Å². The van der Waals surface area contributed by atoms with Crippen LogP contribution in [0.1, 0.15) is 23.2 Å². The predicted molar refractivity (Wildman–Crippen MR) is 59.2 cm³/mol. The predicted octanol–water partition coefficient (Wildman–Crippen LogP) is 0.350. The van der Waals surface area contributed by atoms with E-state index in [1.165, 1.54) is 6.20 Å². The van der Waals surface area contributed by atoms with E-state index in [2.05, 4.69) is 4.98 Å². The minimum atomic E-state index is -0.479. The number of carbonyl (C=O) groups excluding carboxylic acids is 2. The van der Waals surface area contributed by atoms with Crippen molar-refractivity contribution in [3.8, 4) is 0 Å². The average Bonchev–Trinajstić information content (AvgIpc) is 2.30. The largest absolute Gasteiger partial charge is 0.366 e. The molecule has 1 aromatic heterocycles. The fraction of sp³-hybridized carbons (Fsp3) is 0.364. The zero-order valence-electron chi connectivity index (χ0n) is 8.85. The molecule has 1 saturated heterocycles. The minimum absolute atomic E-state index is 0.296. The Labute approximate surface area is 93.3 Å². The van der Waals surface area contributed by atoms with Crippen molar-refractivity contribution < 1.29 is 9.59 Å². The molecule has 1 amide bonds. The molecule has 1 aromatic rings. The Hall–Kier alpha value is -1.91. The van der Waals surface area contributed by atoms with Gasteiger partial charge in [-0.2, -0.15) is 0 Å². The number of primary amides is 1. The first kappa shape index (κ1) is 10.6. The lowest BCUT2D eigenvalue weighted by Gasteiger charge is -2.26. The fourth-order valence-corrected chi connectivity index (χ4v) is 1.70. The number of piperidine rings is 1. The summed E-state index contributed by atoms with van der Waals surface area (Å²) in [6.07, 6.45) is 2.60. The van der Waals surface area contributed by atoms with Gasteiger partial charge in [-0.3, -0.25) is 9.59 Å². The van der Waals surface area contributed by atoms with E-state index in [1.54, 1.807) is 12.1 Å². The summed E-state index contributed by atoms with van der Waals surface area (Å²) < 4.78 is 0. The quantitative estimate of drug-likeness (QED) is 0.778. The Morgan fingerprint density at radius 2 is 2.00 bits per heavy atom. The van der Waals surface area contributed by atoms with Gasteiger partial charge in [-0.25, -0.2) is 4.98 Å². The van der Waals surface area contributed by atoms with Gasteiger partial charge in [-0.15, -0.1) is 0 Å². The van der Waals surface area contributed by atoms with Crippen LogP contribution in [-0.4, -0.2) is 29.8 Å². The molecule has 1 aliphatic rings. The second kappa shape index (κ2) is 4.30. The highest BCUT2D eigenvalue weighted by Crippen LogP contribution is 2.15. The third kappa shape index (κ3) is 2.18. The maximum absolute atomic E-state index is 11.1. The Morgan fingerprint density at radius 1 is 1.31 bits per heavy atom. The number of nitrogens with zero attached hydrogens (tertiary/aromatic N) is 2. The number of pyridine rings is 1. The topological polar surface area (TPSA) is 76.3 Å². The van der Waals surface area contributed by atoms with Gasteiger partial charge in [0.2, 0.25) is 5.91 Å². The number of hydrogen-bond acceptors (Lipinski definition) is 4. The molecular formula is C11H13N3O2. The number of ketones is 1. The van der Waals surface area contributed by atoms with Crippen LogP contribution in [0.25, 0.3) is 0 Å². The number of amides is 1. The van der Waals surface area contributed by atoms with E-state index in [0.29, 0.717) is 37.3 Å². The van der Waals surface area contributed by atoms with Gasteiger partial charge >= 0.3 is 0 Å². The Balaban J connectivity index is 2.10. The molecule has 2 heterocycles. The molecule has 0 radical (unpaired) electrons. The lowest BCUT2D eigenvalue weighted by molar-refractivity contribution is -0.119. The van der Waals surface area contributed by atoms with Crippen LogP contribution in [0.4, 0.5) is 5.82 Å². The Kier molecular flexibility index (Phi) is 2.85. The molecule has 1 fully saturated rings. The molecule has 0 aromatic carbocycles. The van der Waals surface area contributed by atoms with Gasteiger partial charge in [0.1, 0.15) is 11.6 Å². The van der Waals surface area contributed by atoms with E-state index in [0.717, 1.165) is 5.82 Å². The molecule has 84 valence electrons. The summed E-state index contributed by atoms with van der Waals surface area (Å²) >= 11 is 0. The van der Waals surface area contributed by atoms with E-state index in [-0.39, 0.29) is 0 Å². The highest BCUT2D eigenvalue weighted by molar-refractivity contribution is 5.92. The summed E-state index contributed by atoms with van der Waals surface area (Å²) in [5.74, 6) is 0.607. The van der Waals surface area contributed by atoms with E-state index in [4.69, 9.17) is 5.73 Å². The van der Waals surface area contributed by atoms with Gasteiger partial charge in [-0.1, -0.05) is 0 Å². The van der Waals surface area contributed by atoms with Crippen LogP contribution in [0.5, 0.6) is 0 Å². The summed E-state index contributed by atoms with van der Waals surface area (Å²) in [4.78, 5) is 28.1. The van der Waals surface area contributed by atoms with E-state index < -0.39 is 5.91 Å². The van der Waals surface area contributed by atoms with Gasteiger partial charge in [0.25, 0.3) is 0 Å². The van der Waals surface area contributed by atoms with Crippen LogP contribution in [0.3, 0.4) is 0 Å². The van der Waals surface area contributed by atoms with Crippen molar-refractivity contribution in [3.05, 3.63) is 23.9 Å². The zero-order valence-corrected chi connectivity index (χ0v) is 8.85. The van der Waals surface area contributed by atoms with Gasteiger partial charge < -0.3 is 10.6 Å². The van der Waals surface area contributed by atoms with Crippen LogP contribution in [0, 0.1) is 0 Å². The normalized spacial score (nSPS) is 16.2. The first-order valence-corrected chi connectivity index (χ1v) is 5.19. The summed E-state index contributed by atoms with van der Waals surface area (Å²) in [6.45, 7) is 1.39. The summed E-state index contributed by atoms with van der Waals surface area (Å²) in [5.41, 5.74) is 5.52. The highest BCUT2D eigenvalue weighted by Gasteiger charge is 2.17. The zero-order chi connectivity index (χ0) is 11.5. The molecule has 0 unspecified atom stereocenters. The number of rotatable bonds is 2. The molecule has 0 saturated carbocycles. The first-order valence-electron chi connectivity index (χ1n) is 5.19. The summed E-state index contributed by atoms with van der Waals surface area (Å²) in [6, 6.07) is 3.41. The molecule has 2 N–H and O–H groups in total. The van der Waals surface area contributed by atoms with Crippen molar-refractivity contribution >= 4 is 17.5 Å². The van der Waals surface area contributed by atoms with E-state index in [1.807, 2.05) is 4.90 Å². The number of aromatic nitrogens is 1. The number of carbonyl (C=O) groups is 2. The molecule has 5 nitrogen and oxygen atoms in total. The van der Waals surface area contributed by atoms with Gasteiger partial charge in [0.05, 0.1) is 5.56 Å². The van der Waals surface area contributed by atoms with Crippen molar-refractivity contribution in [1.29, 1.82) is 0 Å². The van der Waals surface area contributed by atoms with Crippen LogP contribution in [-0.2, 0) is 4.79 Å². The Morgan fingerprint density at radius 3 is 2.50 bits per heavy atom. The molecule has 0 spiro atoms. The number of anilines is 1. The van der Waals surface area contributed by atoms with E-state index in [9.17, 15) is 9.59 Å². The molecule has 1 aliphatic heterocycles. The second-order valence-electron chi connectivity index (χ2n) is 3.80. The maximum atomic E-state index is 11.1. The standard InChI is InChI=1S/C11H13N3O2/c12-11(16)8-1-2-10(13-7-8)14-5-3-9(15)4-6-14/h1-2,7H,3-6H2,(H2,12,16). The molecule has 2 rings (SSSR count). The fourth-order valence-electron chi connectivity index (χ4n) is 1.70. The molecular weight excluding hydrogens is 206 g/mol. The van der Waals surface area contributed by atoms with Crippen LogP contribution < -0.4 is 10.6 Å². The summed E-state index contributed by atoms with van der Waals surface area (Å²) in [7, 11) is 0. The lowest BCUT2D eigenvalue weighted by atomic mass is 10.1. The number of hydrogen-bond donors (Lipinski definition) is 1. The van der Waals surface area contributed by atoms with Crippen molar-refractivity contribution in [1.82, 2.24) is 4.98 Å². The van der Waals surface area contributed by atoms with Crippen LogP contribution >= 0.6 is 0 Å².